The summed E-state index contributed by atoms with van der Waals surface area (Å²) < 4.78 is 9.29. The van der Waals surface area contributed by atoms with Gasteiger partial charge in [0.15, 0.2) is 5.58 Å². The first-order valence-corrected chi connectivity index (χ1v) is 16.0. The third-order valence-electron chi connectivity index (χ3n) is 9.52. The van der Waals surface area contributed by atoms with Gasteiger partial charge in [-0.25, -0.2) is 0 Å². The zero-order chi connectivity index (χ0) is 30.9. The van der Waals surface area contributed by atoms with Crippen LogP contribution in [0.15, 0.2) is 174 Å². The summed E-state index contributed by atoms with van der Waals surface area (Å²) in [6.45, 7) is 0. The first-order chi connectivity index (χ1) is 23.3. The van der Waals surface area contributed by atoms with Crippen molar-refractivity contribution in [2.75, 3.05) is 4.90 Å². The fraction of sp³-hybridized carbons (Fsp3) is 0. The summed E-state index contributed by atoms with van der Waals surface area (Å²) in [5, 5.41) is 9.33. The average Bonchev–Trinajstić information content (AvgIpc) is 3.69. The van der Waals surface area contributed by atoms with E-state index in [1.54, 1.807) is 0 Å². The molecule has 0 aliphatic heterocycles. The summed E-state index contributed by atoms with van der Waals surface area (Å²) in [6, 6.07) is 60.7. The monoisotopic (exact) mass is 600 g/mol. The summed E-state index contributed by atoms with van der Waals surface area (Å²) in [5.41, 5.74) is 8.38. The minimum absolute atomic E-state index is 0.873. The second-order valence-corrected chi connectivity index (χ2v) is 12.1. The lowest BCUT2D eigenvalue weighted by Crippen LogP contribution is -2.11. The van der Waals surface area contributed by atoms with E-state index in [2.05, 4.69) is 179 Å². The Morgan fingerprint density at radius 1 is 0.447 bits per heavy atom. The topological polar surface area (TPSA) is 21.3 Å². The highest BCUT2D eigenvalue weighted by Crippen LogP contribution is 2.49. The highest BCUT2D eigenvalue weighted by Gasteiger charge is 2.26. The van der Waals surface area contributed by atoms with Crippen molar-refractivity contribution >= 4 is 82.4 Å². The Morgan fingerprint density at radius 2 is 1.13 bits per heavy atom. The van der Waals surface area contributed by atoms with Crippen LogP contribution in [-0.2, 0) is 0 Å². The van der Waals surface area contributed by atoms with E-state index in [-0.39, 0.29) is 0 Å². The van der Waals surface area contributed by atoms with Gasteiger partial charge in [-0.3, -0.25) is 0 Å². The molecule has 3 heteroatoms. The lowest BCUT2D eigenvalue weighted by atomic mass is 10.0. The molecular formula is C44H28N2O. The number of rotatable bonds is 4. The number of hydrogen-bond donors (Lipinski definition) is 0. The number of hydrogen-bond acceptors (Lipinski definition) is 2. The Kier molecular flexibility index (Phi) is 5.57. The number of benzene rings is 8. The molecule has 0 radical (unpaired) electrons. The number of furan rings is 1. The summed E-state index contributed by atoms with van der Waals surface area (Å²) in [4.78, 5) is 2.44. The lowest BCUT2D eigenvalue weighted by molar-refractivity contribution is 0.671. The van der Waals surface area contributed by atoms with Gasteiger partial charge in [0.1, 0.15) is 5.58 Å². The first kappa shape index (κ1) is 26.0. The molecule has 0 aliphatic rings. The number of aromatic nitrogens is 1. The van der Waals surface area contributed by atoms with Crippen molar-refractivity contribution in [2.24, 2.45) is 0 Å². The molecule has 0 saturated carbocycles. The molecule has 0 amide bonds. The van der Waals surface area contributed by atoms with Crippen molar-refractivity contribution in [3.63, 3.8) is 0 Å². The SMILES string of the molecule is c1ccc(-n2c3ccccc3c3cc(N(c4ccc5ccccc5c4)c4cccc5ccccc45)c4c5ccccc5oc4c32)cc1. The molecule has 2 aromatic heterocycles. The van der Waals surface area contributed by atoms with Crippen LogP contribution in [0.4, 0.5) is 17.1 Å². The first-order valence-electron chi connectivity index (χ1n) is 16.0. The van der Waals surface area contributed by atoms with Gasteiger partial charge in [-0.2, -0.15) is 0 Å². The number of fused-ring (bicyclic) bond motifs is 9. The van der Waals surface area contributed by atoms with Crippen molar-refractivity contribution in [3.05, 3.63) is 170 Å². The minimum atomic E-state index is 0.873. The maximum atomic E-state index is 6.93. The van der Waals surface area contributed by atoms with Gasteiger partial charge in [0.2, 0.25) is 0 Å². The third-order valence-corrected chi connectivity index (χ3v) is 9.52. The van der Waals surface area contributed by atoms with E-state index in [9.17, 15) is 0 Å². The van der Waals surface area contributed by atoms with Gasteiger partial charge in [0.05, 0.1) is 27.8 Å². The van der Waals surface area contributed by atoms with Gasteiger partial charge in [-0.15, -0.1) is 0 Å². The molecule has 8 aromatic carbocycles. The van der Waals surface area contributed by atoms with E-state index >= 15 is 0 Å². The van der Waals surface area contributed by atoms with E-state index in [1.807, 2.05) is 0 Å². The smallest absolute Gasteiger partial charge is 0.162 e. The quantitative estimate of drug-likeness (QED) is 0.200. The fourth-order valence-corrected chi connectivity index (χ4v) is 7.46. The zero-order valence-corrected chi connectivity index (χ0v) is 25.5. The van der Waals surface area contributed by atoms with Crippen LogP contribution in [0.1, 0.15) is 0 Å². The average molecular weight is 601 g/mol. The van der Waals surface area contributed by atoms with Gasteiger partial charge in [0, 0.05) is 32.9 Å². The van der Waals surface area contributed by atoms with Gasteiger partial charge in [-0.05, 0) is 64.7 Å². The van der Waals surface area contributed by atoms with Crippen molar-refractivity contribution in [1.29, 1.82) is 0 Å². The second kappa shape index (κ2) is 10.1. The maximum Gasteiger partial charge on any atom is 0.162 e. The van der Waals surface area contributed by atoms with Gasteiger partial charge in [0.25, 0.3) is 0 Å². The summed E-state index contributed by atoms with van der Waals surface area (Å²) in [5.74, 6) is 0. The Labute approximate surface area is 271 Å². The molecular weight excluding hydrogens is 572 g/mol. The van der Waals surface area contributed by atoms with E-state index < -0.39 is 0 Å². The van der Waals surface area contributed by atoms with E-state index in [0.717, 1.165) is 61.1 Å². The highest BCUT2D eigenvalue weighted by molar-refractivity contribution is 6.27. The molecule has 0 spiro atoms. The molecule has 0 saturated heterocycles. The molecule has 0 N–H and O–H groups in total. The standard InChI is InChI=1S/C44H28N2O/c1-2-17-32(18-3-1)46-39-22-10-8-20-35(39)37-28-40(42-36-21-9-11-24-41(36)47-44(42)43(37)46)45(33-26-25-29-13-4-5-15-31(29)27-33)38-23-12-16-30-14-6-7-19-34(30)38/h1-28H. The molecule has 0 bridgehead atoms. The van der Waals surface area contributed by atoms with Crippen LogP contribution in [0.2, 0.25) is 0 Å². The normalized spacial score (nSPS) is 11.8. The van der Waals surface area contributed by atoms with Crippen LogP contribution in [0, 0.1) is 0 Å². The molecule has 0 atom stereocenters. The number of anilines is 3. The van der Waals surface area contributed by atoms with Gasteiger partial charge < -0.3 is 13.9 Å². The van der Waals surface area contributed by atoms with Crippen LogP contribution < -0.4 is 4.90 Å². The van der Waals surface area contributed by atoms with Gasteiger partial charge in [-0.1, -0.05) is 121 Å². The Bertz CT molecular complexity index is 2800. The predicted octanol–water partition coefficient (Wildman–Crippen LogP) is 12.5. The van der Waals surface area contributed by atoms with Crippen LogP contribution in [0.25, 0.3) is 71.0 Å². The van der Waals surface area contributed by atoms with E-state index in [1.165, 1.54) is 26.9 Å². The minimum Gasteiger partial charge on any atom is -0.454 e. The van der Waals surface area contributed by atoms with Crippen molar-refractivity contribution in [3.8, 4) is 5.69 Å². The van der Waals surface area contributed by atoms with E-state index in [4.69, 9.17) is 4.42 Å². The molecule has 2 heterocycles. The largest absolute Gasteiger partial charge is 0.454 e. The molecule has 10 aromatic rings. The summed E-state index contributed by atoms with van der Waals surface area (Å²) >= 11 is 0. The maximum absolute atomic E-state index is 6.93. The van der Waals surface area contributed by atoms with Gasteiger partial charge >= 0.3 is 0 Å². The lowest BCUT2D eigenvalue weighted by Gasteiger charge is -2.28. The molecule has 0 fully saturated rings. The molecule has 0 unspecified atom stereocenters. The number of para-hydroxylation sites is 3. The molecule has 10 rings (SSSR count). The van der Waals surface area contributed by atoms with Crippen LogP contribution in [0.5, 0.6) is 0 Å². The molecule has 47 heavy (non-hydrogen) atoms. The zero-order valence-electron chi connectivity index (χ0n) is 25.5. The Balaban J connectivity index is 1.41. The molecule has 220 valence electrons. The van der Waals surface area contributed by atoms with Crippen LogP contribution >= 0.6 is 0 Å². The summed E-state index contributed by atoms with van der Waals surface area (Å²) in [7, 11) is 0. The highest BCUT2D eigenvalue weighted by atomic mass is 16.3. The molecule has 3 nitrogen and oxygen atoms in total. The number of nitrogens with zero attached hydrogens (tertiary/aromatic N) is 2. The van der Waals surface area contributed by atoms with Crippen LogP contribution in [0.3, 0.4) is 0 Å². The summed E-state index contributed by atoms with van der Waals surface area (Å²) in [6.07, 6.45) is 0. The molecule has 0 aliphatic carbocycles. The van der Waals surface area contributed by atoms with Crippen molar-refractivity contribution < 1.29 is 4.42 Å². The van der Waals surface area contributed by atoms with Crippen LogP contribution in [-0.4, -0.2) is 4.57 Å². The third kappa shape index (κ3) is 3.87. The Morgan fingerprint density at radius 3 is 2.00 bits per heavy atom. The second-order valence-electron chi connectivity index (χ2n) is 12.1. The Hall–Kier alpha value is -6.32. The van der Waals surface area contributed by atoms with Crippen molar-refractivity contribution in [1.82, 2.24) is 4.57 Å². The van der Waals surface area contributed by atoms with Crippen molar-refractivity contribution in [2.45, 2.75) is 0 Å². The fourth-order valence-electron chi connectivity index (χ4n) is 7.46. The van der Waals surface area contributed by atoms with E-state index in [0.29, 0.717) is 0 Å². The predicted molar refractivity (Wildman–Crippen MR) is 198 cm³/mol.